The summed E-state index contributed by atoms with van der Waals surface area (Å²) < 4.78 is 0. The normalized spacial score (nSPS) is 20.8. The molecule has 20 heavy (non-hydrogen) atoms. The van der Waals surface area contributed by atoms with E-state index in [0.717, 1.165) is 36.4 Å². The van der Waals surface area contributed by atoms with Crippen LogP contribution in [0.5, 0.6) is 0 Å². The standard InChI is InChI=1S/C15H21ClN2O.ClH/c1-11(17)15(19)18-10-4-2-3-5-14(18)12-6-8-13(16)9-7-12;/h6-9,11,14H,2-5,10,17H2,1H3;1H/t11-,14?;/m0./s1. The lowest BCUT2D eigenvalue weighted by molar-refractivity contribution is -0.134. The van der Waals surface area contributed by atoms with Crippen molar-refractivity contribution in [3.8, 4) is 0 Å². The third-order valence-corrected chi connectivity index (χ3v) is 3.93. The molecule has 1 saturated heterocycles. The van der Waals surface area contributed by atoms with E-state index in [2.05, 4.69) is 0 Å². The van der Waals surface area contributed by atoms with Crippen molar-refractivity contribution >= 4 is 29.9 Å². The maximum atomic E-state index is 12.3. The Morgan fingerprint density at radius 2 is 1.95 bits per heavy atom. The monoisotopic (exact) mass is 316 g/mol. The minimum atomic E-state index is -0.437. The van der Waals surface area contributed by atoms with Crippen molar-refractivity contribution in [2.75, 3.05) is 6.54 Å². The van der Waals surface area contributed by atoms with Gasteiger partial charge in [-0.15, -0.1) is 12.4 Å². The lowest BCUT2D eigenvalue weighted by Gasteiger charge is -2.31. The fraction of sp³-hybridized carbons (Fsp3) is 0.533. The van der Waals surface area contributed by atoms with E-state index < -0.39 is 6.04 Å². The van der Waals surface area contributed by atoms with Crippen molar-refractivity contribution in [1.29, 1.82) is 0 Å². The number of amides is 1. The summed E-state index contributed by atoms with van der Waals surface area (Å²) in [7, 11) is 0. The number of nitrogens with two attached hydrogens (primary N) is 1. The van der Waals surface area contributed by atoms with E-state index in [4.69, 9.17) is 17.3 Å². The molecule has 0 aliphatic carbocycles. The topological polar surface area (TPSA) is 46.3 Å². The predicted molar refractivity (Wildman–Crippen MR) is 85.3 cm³/mol. The van der Waals surface area contributed by atoms with Gasteiger partial charge in [-0.3, -0.25) is 4.79 Å². The maximum absolute atomic E-state index is 12.3. The maximum Gasteiger partial charge on any atom is 0.239 e. The molecule has 0 spiro atoms. The molecule has 0 saturated carbocycles. The Morgan fingerprint density at radius 1 is 1.30 bits per heavy atom. The second-order valence-electron chi connectivity index (χ2n) is 5.24. The van der Waals surface area contributed by atoms with Crippen LogP contribution in [0.3, 0.4) is 0 Å². The lowest BCUT2D eigenvalue weighted by Crippen LogP contribution is -2.44. The van der Waals surface area contributed by atoms with Crippen LogP contribution in [-0.4, -0.2) is 23.4 Å². The molecule has 1 aromatic rings. The zero-order valence-corrected chi connectivity index (χ0v) is 13.3. The number of hydrogen-bond donors (Lipinski definition) is 1. The van der Waals surface area contributed by atoms with E-state index in [0.29, 0.717) is 0 Å². The second-order valence-corrected chi connectivity index (χ2v) is 5.67. The molecule has 0 aromatic heterocycles. The minimum Gasteiger partial charge on any atom is -0.334 e. The smallest absolute Gasteiger partial charge is 0.239 e. The second kappa shape index (κ2) is 7.87. The molecule has 1 unspecified atom stereocenters. The molecule has 3 nitrogen and oxygen atoms in total. The van der Waals surface area contributed by atoms with Crippen LogP contribution in [0.25, 0.3) is 0 Å². The van der Waals surface area contributed by atoms with Gasteiger partial charge >= 0.3 is 0 Å². The molecule has 2 N–H and O–H groups in total. The van der Waals surface area contributed by atoms with E-state index in [1.807, 2.05) is 29.2 Å². The number of carbonyl (C=O) groups excluding carboxylic acids is 1. The van der Waals surface area contributed by atoms with Crippen LogP contribution in [0, 0.1) is 0 Å². The first-order chi connectivity index (χ1) is 9.09. The molecule has 0 bridgehead atoms. The van der Waals surface area contributed by atoms with Crippen molar-refractivity contribution in [3.63, 3.8) is 0 Å². The summed E-state index contributed by atoms with van der Waals surface area (Å²) in [6.07, 6.45) is 4.38. The Balaban J connectivity index is 0.00000200. The molecular formula is C15H22Cl2N2O. The van der Waals surface area contributed by atoms with Crippen LogP contribution >= 0.6 is 24.0 Å². The molecular weight excluding hydrogens is 295 g/mol. The van der Waals surface area contributed by atoms with Gasteiger partial charge < -0.3 is 10.6 Å². The van der Waals surface area contributed by atoms with E-state index in [1.54, 1.807) is 6.92 Å². The van der Waals surface area contributed by atoms with E-state index in [9.17, 15) is 4.79 Å². The van der Waals surface area contributed by atoms with E-state index in [1.165, 1.54) is 6.42 Å². The van der Waals surface area contributed by atoms with Crippen LogP contribution < -0.4 is 5.73 Å². The van der Waals surface area contributed by atoms with Crippen LogP contribution in [0.2, 0.25) is 5.02 Å². The Bertz CT molecular complexity index is 434. The first kappa shape index (κ1) is 17.3. The summed E-state index contributed by atoms with van der Waals surface area (Å²) in [5.74, 6) is 0.0434. The fourth-order valence-corrected chi connectivity index (χ4v) is 2.79. The lowest BCUT2D eigenvalue weighted by atomic mass is 10.0. The number of carbonyl (C=O) groups is 1. The Morgan fingerprint density at radius 3 is 2.55 bits per heavy atom. The van der Waals surface area contributed by atoms with Gasteiger partial charge in [-0.2, -0.15) is 0 Å². The summed E-state index contributed by atoms with van der Waals surface area (Å²) in [5.41, 5.74) is 6.92. The van der Waals surface area contributed by atoms with E-state index >= 15 is 0 Å². The molecule has 112 valence electrons. The molecule has 2 atom stereocenters. The molecule has 1 heterocycles. The summed E-state index contributed by atoms with van der Waals surface area (Å²) in [6.45, 7) is 2.56. The first-order valence-electron chi connectivity index (χ1n) is 6.91. The van der Waals surface area contributed by atoms with Gasteiger partial charge in [0, 0.05) is 11.6 Å². The fourth-order valence-electron chi connectivity index (χ4n) is 2.67. The Kier molecular flexibility index (Phi) is 6.80. The summed E-state index contributed by atoms with van der Waals surface area (Å²) >= 11 is 5.93. The third kappa shape index (κ3) is 4.11. The van der Waals surface area contributed by atoms with Gasteiger partial charge in [0.1, 0.15) is 0 Å². The number of halogens is 2. The van der Waals surface area contributed by atoms with Crippen molar-refractivity contribution in [2.24, 2.45) is 5.73 Å². The highest BCUT2D eigenvalue weighted by Gasteiger charge is 2.28. The number of rotatable bonds is 2. The van der Waals surface area contributed by atoms with Crippen LogP contribution in [0.1, 0.15) is 44.2 Å². The van der Waals surface area contributed by atoms with E-state index in [-0.39, 0.29) is 24.4 Å². The minimum absolute atomic E-state index is 0. The van der Waals surface area contributed by atoms with Crippen molar-refractivity contribution in [2.45, 2.75) is 44.7 Å². The molecule has 0 radical (unpaired) electrons. The average Bonchev–Trinajstić information content (AvgIpc) is 2.64. The van der Waals surface area contributed by atoms with Gasteiger partial charge in [0.05, 0.1) is 12.1 Å². The average molecular weight is 317 g/mol. The highest BCUT2D eigenvalue weighted by Crippen LogP contribution is 2.31. The zero-order valence-electron chi connectivity index (χ0n) is 11.7. The van der Waals surface area contributed by atoms with Gasteiger partial charge in [-0.25, -0.2) is 0 Å². The summed E-state index contributed by atoms with van der Waals surface area (Å²) in [4.78, 5) is 14.2. The molecule has 1 aromatic carbocycles. The molecule has 1 aliphatic rings. The highest BCUT2D eigenvalue weighted by atomic mass is 35.5. The van der Waals surface area contributed by atoms with Crippen molar-refractivity contribution < 1.29 is 4.79 Å². The third-order valence-electron chi connectivity index (χ3n) is 3.68. The quantitative estimate of drug-likeness (QED) is 0.906. The number of likely N-dealkylation sites (tertiary alicyclic amines) is 1. The largest absolute Gasteiger partial charge is 0.334 e. The summed E-state index contributed by atoms with van der Waals surface area (Å²) in [5, 5.41) is 0.724. The van der Waals surface area contributed by atoms with Gasteiger partial charge in [0.25, 0.3) is 0 Å². The molecule has 1 fully saturated rings. The van der Waals surface area contributed by atoms with Crippen LogP contribution in [-0.2, 0) is 4.79 Å². The SMILES string of the molecule is C[C@H](N)C(=O)N1CCCCCC1c1ccc(Cl)cc1.Cl. The van der Waals surface area contributed by atoms with Crippen LogP contribution in [0.15, 0.2) is 24.3 Å². The zero-order chi connectivity index (χ0) is 13.8. The number of benzene rings is 1. The summed E-state index contributed by atoms with van der Waals surface area (Å²) in [6, 6.07) is 7.50. The molecule has 1 aliphatic heterocycles. The van der Waals surface area contributed by atoms with Gasteiger partial charge in [0.2, 0.25) is 5.91 Å². The molecule has 1 amide bonds. The predicted octanol–water partition coefficient (Wildman–Crippen LogP) is 3.55. The highest BCUT2D eigenvalue weighted by molar-refractivity contribution is 6.30. The molecule has 2 rings (SSSR count). The van der Waals surface area contributed by atoms with Gasteiger partial charge in [-0.05, 0) is 37.5 Å². The number of nitrogens with zero attached hydrogens (tertiary/aromatic N) is 1. The van der Waals surface area contributed by atoms with Crippen molar-refractivity contribution in [3.05, 3.63) is 34.9 Å². The molecule has 5 heteroatoms. The number of hydrogen-bond acceptors (Lipinski definition) is 2. The van der Waals surface area contributed by atoms with Gasteiger partial charge in [-0.1, -0.05) is 36.6 Å². The Hall–Kier alpha value is -0.770. The van der Waals surface area contributed by atoms with Gasteiger partial charge in [0.15, 0.2) is 0 Å². The Labute approximate surface area is 131 Å². The van der Waals surface area contributed by atoms with Crippen LogP contribution in [0.4, 0.5) is 0 Å². The van der Waals surface area contributed by atoms with Crippen molar-refractivity contribution in [1.82, 2.24) is 4.90 Å². The first-order valence-corrected chi connectivity index (χ1v) is 7.29.